The van der Waals surface area contributed by atoms with E-state index in [2.05, 4.69) is 27.4 Å². The molecule has 1 aromatic heterocycles. The van der Waals surface area contributed by atoms with Gasteiger partial charge in [-0.2, -0.15) is 0 Å². The van der Waals surface area contributed by atoms with E-state index in [1.54, 1.807) is 0 Å². The maximum Gasteiger partial charge on any atom is 0.132 e. The molecule has 0 bridgehead atoms. The summed E-state index contributed by atoms with van der Waals surface area (Å²) in [6.45, 7) is 3.95. The standard InChI is InChI=1S/C16H19N3O/c1-10-15(18-11(2)19-16(10)17-3)12-5-4-6-14(9-12)20-13-7-8-13/h4-6,9,13H,7-8H2,1-3H3,(H,17,18,19). The molecule has 0 unspecified atom stereocenters. The fraction of sp³-hybridized carbons (Fsp3) is 0.375. The molecule has 0 saturated heterocycles. The predicted octanol–water partition coefficient (Wildman–Crippen LogP) is 3.34. The van der Waals surface area contributed by atoms with Gasteiger partial charge in [-0.25, -0.2) is 9.97 Å². The molecule has 0 radical (unpaired) electrons. The molecule has 0 amide bonds. The zero-order valence-electron chi connectivity index (χ0n) is 12.1. The third kappa shape index (κ3) is 2.59. The molecular weight excluding hydrogens is 250 g/mol. The van der Waals surface area contributed by atoms with E-state index in [0.717, 1.165) is 34.2 Å². The Morgan fingerprint density at radius 2 is 2.00 bits per heavy atom. The largest absolute Gasteiger partial charge is 0.490 e. The molecule has 104 valence electrons. The van der Waals surface area contributed by atoms with Crippen molar-refractivity contribution in [3.8, 4) is 17.0 Å². The molecule has 1 fully saturated rings. The molecule has 1 saturated carbocycles. The average molecular weight is 269 g/mol. The predicted molar refractivity (Wildman–Crippen MR) is 80.1 cm³/mol. The van der Waals surface area contributed by atoms with Gasteiger partial charge in [0.05, 0.1) is 11.8 Å². The van der Waals surface area contributed by atoms with Crippen LogP contribution in [0.1, 0.15) is 24.2 Å². The molecule has 0 atom stereocenters. The number of aryl methyl sites for hydroxylation is 1. The van der Waals surface area contributed by atoms with Crippen molar-refractivity contribution in [1.29, 1.82) is 0 Å². The highest BCUT2D eigenvalue weighted by Gasteiger charge is 2.23. The molecule has 2 aromatic rings. The van der Waals surface area contributed by atoms with Gasteiger partial charge in [-0.1, -0.05) is 12.1 Å². The summed E-state index contributed by atoms with van der Waals surface area (Å²) in [4.78, 5) is 8.99. The molecule has 3 rings (SSSR count). The Balaban J connectivity index is 2.01. The first-order valence-corrected chi connectivity index (χ1v) is 6.97. The summed E-state index contributed by atoms with van der Waals surface area (Å²) in [7, 11) is 1.88. The zero-order valence-corrected chi connectivity index (χ0v) is 12.1. The number of ether oxygens (including phenoxy) is 1. The van der Waals surface area contributed by atoms with E-state index in [1.807, 2.05) is 33.0 Å². The SMILES string of the molecule is CNc1nc(C)nc(-c2cccc(OC3CC3)c2)c1C. The third-order valence-corrected chi connectivity index (χ3v) is 3.43. The van der Waals surface area contributed by atoms with Gasteiger partial charge in [0.1, 0.15) is 17.4 Å². The highest BCUT2D eigenvalue weighted by atomic mass is 16.5. The maximum atomic E-state index is 5.86. The molecule has 4 nitrogen and oxygen atoms in total. The topological polar surface area (TPSA) is 47.0 Å². The highest BCUT2D eigenvalue weighted by molar-refractivity contribution is 5.69. The minimum atomic E-state index is 0.409. The Bertz CT molecular complexity index is 636. The van der Waals surface area contributed by atoms with Crippen LogP contribution in [0.3, 0.4) is 0 Å². The van der Waals surface area contributed by atoms with Crippen LogP contribution < -0.4 is 10.1 Å². The first-order valence-electron chi connectivity index (χ1n) is 6.97. The average Bonchev–Trinajstić information content (AvgIpc) is 3.25. The molecule has 20 heavy (non-hydrogen) atoms. The van der Waals surface area contributed by atoms with E-state index in [9.17, 15) is 0 Å². The Kier molecular flexibility index (Phi) is 3.30. The zero-order chi connectivity index (χ0) is 14.1. The molecular formula is C16H19N3O. The summed E-state index contributed by atoms with van der Waals surface area (Å²) >= 11 is 0. The minimum absolute atomic E-state index is 0.409. The van der Waals surface area contributed by atoms with Crippen LogP contribution in [-0.4, -0.2) is 23.1 Å². The van der Waals surface area contributed by atoms with Crippen molar-refractivity contribution >= 4 is 5.82 Å². The number of benzene rings is 1. The normalized spacial score (nSPS) is 14.2. The maximum absolute atomic E-state index is 5.86. The van der Waals surface area contributed by atoms with Crippen molar-refractivity contribution in [1.82, 2.24) is 9.97 Å². The number of anilines is 1. The van der Waals surface area contributed by atoms with E-state index in [0.29, 0.717) is 6.10 Å². The second-order valence-corrected chi connectivity index (χ2v) is 5.19. The minimum Gasteiger partial charge on any atom is -0.490 e. The van der Waals surface area contributed by atoms with Gasteiger partial charge in [-0.3, -0.25) is 0 Å². The summed E-state index contributed by atoms with van der Waals surface area (Å²) in [5, 5.41) is 3.12. The molecule has 1 aliphatic carbocycles. The number of hydrogen-bond acceptors (Lipinski definition) is 4. The van der Waals surface area contributed by atoms with Crippen LogP contribution in [0.5, 0.6) is 5.75 Å². The molecule has 1 N–H and O–H groups in total. The van der Waals surface area contributed by atoms with Gasteiger partial charge < -0.3 is 10.1 Å². The smallest absolute Gasteiger partial charge is 0.132 e. The lowest BCUT2D eigenvalue weighted by Crippen LogP contribution is -2.03. The molecule has 0 spiro atoms. The van der Waals surface area contributed by atoms with Crippen molar-refractivity contribution in [3.63, 3.8) is 0 Å². The van der Waals surface area contributed by atoms with Crippen LogP contribution >= 0.6 is 0 Å². The molecule has 1 heterocycles. The van der Waals surface area contributed by atoms with Gasteiger partial charge in [0.2, 0.25) is 0 Å². The van der Waals surface area contributed by atoms with Crippen LogP contribution in [0.15, 0.2) is 24.3 Å². The summed E-state index contributed by atoms with van der Waals surface area (Å²) in [6.07, 6.45) is 2.74. The second kappa shape index (κ2) is 5.12. The fourth-order valence-corrected chi connectivity index (χ4v) is 2.25. The van der Waals surface area contributed by atoms with E-state index in [1.165, 1.54) is 12.8 Å². The number of nitrogens with zero attached hydrogens (tertiary/aromatic N) is 2. The highest BCUT2D eigenvalue weighted by Crippen LogP contribution is 2.31. The van der Waals surface area contributed by atoms with Crippen LogP contribution in [-0.2, 0) is 0 Å². The first-order chi connectivity index (χ1) is 9.67. The van der Waals surface area contributed by atoms with Gasteiger partial charge in [0.15, 0.2) is 0 Å². The van der Waals surface area contributed by atoms with E-state index >= 15 is 0 Å². The summed E-state index contributed by atoms with van der Waals surface area (Å²) < 4.78 is 5.86. The number of nitrogens with one attached hydrogen (secondary N) is 1. The Morgan fingerprint density at radius 1 is 1.20 bits per heavy atom. The monoisotopic (exact) mass is 269 g/mol. The summed E-state index contributed by atoms with van der Waals surface area (Å²) in [5.41, 5.74) is 3.09. The molecule has 1 aliphatic rings. The lowest BCUT2D eigenvalue weighted by molar-refractivity contribution is 0.303. The van der Waals surface area contributed by atoms with Crippen LogP contribution in [0, 0.1) is 13.8 Å². The van der Waals surface area contributed by atoms with Crippen molar-refractivity contribution in [3.05, 3.63) is 35.7 Å². The number of hydrogen-bond donors (Lipinski definition) is 1. The summed E-state index contributed by atoms with van der Waals surface area (Å²) in [6, 6.07) is 8.15. The van der Waals surface area contributed by atoms with Crippen LogP contribution in [0.2, 0.25) is 0 Å². The quantitative estimate of drug-likeness (QED) is 0.924. The Hall–Kier alpha value is -2.10. The fourth-order valence-electron chi connectivity index (χ4n) is 2.25. The number of rotatable bonds is 4. The van der Waals surface area contributed by atoms with Crippen molar-refractivity contribution in [2.24, 2.45) is 0 Å². The van der Waals surface area contributed by atoms with E-state index < -0.39 is 0 Å². The van der Waals surface area contributed by atoms with Crippen molar-refractivity contribution < 1.29 is 4.74 Å². The van der Waals surface area contributed by atoms with Gasteiger partial charge >= 0.3 is 0 Å². The van der Waals surface area contributed by atoms with Crippen LogP contribution in [0.4, 0.5) is 5.82 Å². The number of aromatic nitrogens is 2. The van der Waals surface area contributed by atoms with E-state index in [4.69, 9.17) is 4.74 Å². The van der Waals surface area contributed by atoms with Gasteiger partial charge in [0.25, 0.3) is 0 Å². The lowest BCUT2D eigenvalue weighted by atomic mass is 10.1. The van der Waals surface area contributed by atoms with E-state index in [-0.39, 0.29) is 0 Å². The molecule has 4 heteroatoms. The lowest BCUT2D eigenvalue weighted by Gasteiger charge is -2.12. The van der Waals surface area contributed by atoms with Gasteiger partial charge in [0, 0.05) is 18.2 Å². The Morgan fingerprint density at radius 3 is 2.70 bits per heavy atom. The first kappa shape index (κ1) is 12.9. The summed E-state index contributed by atoms with van der Waals surface area (Å²) in [5.74, 6) is 2.57. The van der Waals surface area contributed by atoms with Crippen molar-refractivity contribution in [2.45, 2.75) is 32.8 Å². The van der Waals surface area contributed by atoms with Gasteiger partial charge in [-0.15, -0.1) is 0 Å². The van der Waals surface area contributed by atoms with Crippen molar-refractivity contribution in [2.75, 3.05) is 12.4 Å². The van der Waals surface area contributed by atoms with Gasteiger partial charge in [-0.05, 0) is 38.8 Å². The van der Waals surface area contributed by atoms with Crippen LogP contribution in [0.25, 0.3) is 11.3 Å². The molecule has 0 aliphatic heterocycles. The third-order valence-electron chi connectivity index (χ3n) is 3.43. The second-order valence-electron chi connectivity index (χ2n) is 5.19. The Labute approximate surface area is 119 Å². The molecule has 1 aromatic carbocycles.